The lowest BCUT2D eigenvalue weighted by molar-refractivity contribution is -0.112. The molecule has 4 nitrogen and oxygen atoms in total. The van der Waals surface area contributed by atoms with Crippen LogP contribution in [-0.2, 0) is 11.2 Å². The first-order valence-corrected chi connectivity index (χ1v) is 5.75. The second-order valence-electron chi connectivity index (χ2n) is 3.88. The number of rotatable bonds is 5. The summed E-state index contributed by atoms with van der Waals surface area (Å²) in [5, 5.41) is 2.66. The average molecular weight is 233 g/mol. The summed E-state index contributed by atoms with van der Waals surface area (Å²) in [4.78, 5) is 11.4. The molecule has 0 aliphatic rings. The van der Waals surface area contributed by atoms with E-state index in [9.17, 15) is 4.79 Å². The number of hydrogen-bond acceptors (Lipinski definition) is 3. The highest BCUT2D eigenvalue weighted by atomic mass is 16.2. The van der Waals surface area contributed by atoms with E-state index in [1.165, 1.54) is 18.4 Å². The SMILES string of the molecule is CCCCc1ccc(NC(=O)/C(N)=C\N)cc1. The number of amides is 1. The Morgan fingerprint density at radius 1 is 1.35 bits per heavy atom. The van der Waals surface area contributed by atoms with Crippen LogP contribution < -0.4 is 16.8 Å². The molecule has 0 aliphatic carbocycles. The molecule has 0 aromatic heterocycles. The van der Waals surface area contributed by atoms with Gasteiger partial charge in [-0.1, -0.05) is 25.5 Å². The normalized spacial score (nSPS) is 11.2. The number of nitrogens with two attached hydrogens (primary N) is 2. The zero-order valence-corrected chi connectivity index (χ0v) is 10.1. The molecule has 5 N–H and O–H groups in total. The molecular weight excluding hydrogens is 214 g/mol. The van der Waals surface area contributed by atoms with Crippen molar-refractivity contribution < 1.29 is 4.79 Å². The van der Waals surface area contributed by atoms with Gasteiger partial charge in [-0.2, -0.15) is 0 Å². The maximum absolute atomic E-state index is 11.4. The molecule has 0 fully saturated rings. The van der Waals surface area contributed by atoms with E-state index in [0.29, 0.717) is 0 Å². The highest BCUT2D eigenvalue weighted by Crippen LogP contribution is 2.12. The Labute approximate surface area is 102 Å². The van der Waals surface area contributed by atoms with Gasteiger partial charge in [0.2, 0.25) is 0 Å². The predicted molar refractivity (Wildman–Crippen MR) is 70.1 cm³/mol. The minimum absolute atomic E-state index is 0.0139. The fourth-order valence-electron chi connectivity index (χ4n) is 1.41. The van der Waals surface area contributed by atoms with E-state index >= 15 is 0 Å². The maximum Gasteiger partial charge on any atom is 0.273 e. The van der Waals surface area contributed by atoms with Gasteiger partial charge in [0.1, 0.15) is 5.70 Å². The van der Waals surface area contributed by atoms with E-state index in [4.69, 9.17) is 11.5 Å². The Bertz CT molecular complexity index is 396. The van der Waals surface area contributed by atoms with Gasteiger partial charge in [-0.3, -0.25) is 4.79 Å². The van der Waals surface area contributed by atoms with E-state index < -0.39 is 0 Å². The van der Waals surface area contributed by atoms with E-state index in [-0.39, 0.29) is 11.6 Å². The second kappa shape index (κ2) is 6.58. The van der Waals surface area contributed by atoms with Crippen LogP contribution in [0.5, 0.6) is 0 Å². The first-order valence-electron chi connectivity index (χ1n) is 5.75. The Morgan fingerprint density at radius 2 is 2.00 bits per heavy atom. The Morgan fingerprint density at radius 3 is 2.53 bits per heavy atom. The minimum atomic E-state index is -0.381. The summed E-state index contributed by atoms with van der Waals surface area (Å²) in [7, 11) is 0. The minimum Gasteiger partial charge on any atom is -0.403 e. The number of benzene rings is 1. The molecule has 17 heavy (non-hydrogen) atoms. The predicted octanol–water partition coefficient (Wildman–Crippen LogP) is 1.73. The zero-order chi connectivity index (χ0) is 12.7. The largest absolute Gasteiger partial charge is 0.403 e. The monoisotopic (exact) mass is 233 g/mol. The topological polar surface area (TPSA) is 81.1 Å². The van der Waals surface area contributed by atoms with Gasteiger partial charge in [0.25, 0.3) is 5.91 Å². The fourth-order valence-corrected chi connectivity index (χ4v) is 1.41. The van der Waals surface area contributed by atoms with Crippen molar-refractivity contribution in [3.05, 3.63) is 41.7 Å². The van der Waals surface area contributed by atoms with Crippen LogP contribution in [0.15, 0.2) is 36.2 Å². The number of anilines is 1. The van der Waals surface area contributed by atoms with Crippen LogP contribution in [0.3, 0.4) is 0 Å². The molecule has 4 heteroatoms. The van der Waals surface area contributed by atoms with Gasteiger partial charge in [0.15, 0.2) is 0 Å². The zero-order valence-electron chi connectivity index (χ0n) is 10.1. The molecule has 0 atom stereocenters. The Kier molecular flexibility index (Phi) is 5.07. The standard InChI is InChI=1S/C13H19N3O/c1-2-3-4-10-5-7-11(8-6-10)16-13(17)12(15)9-14/h5-9H,2-4,14-15H2,1H3,(H,16,17)/b12-9+. The van der Waals surface area contributed by atoms with Gasteiger partial charge in [0.05, 0.1) is 0 Å². The highest BCUT2D eigenvalue weighted by molar-refractivity contribution is 6.02. The third-order valence-electron chi connectivity index (χ3n) is 2.47. The molecule has 0 unspecified atom stereocenters. The lowest BCUT2D eigenvalue weighted by atomic mass is 10.1. The summed E-state index contributed by atoms with van der Waals surface area (Å²) in [6.07, 6.45) is 4.51. The molecule has 0 spiro atoms. The molecule has 0 bridgehead atoms. The highest BCUT2D eigenvalue weighted by Gasteiger charge is 2.04. The van der Waals surface area contributed by atoms with Crippen LogP contribution in [0.4, 0.5) is 5.69 Å². The van der Waals surface area contributed by atoms with Crippen molar-refractivity contribution in [3.63, 3.8) is 0 Å². The molecule has 1 amide bonds. The van der Waals surface area contributed by atoms with Crippen molar-refractivity contribution in [2.24, 2.45) is 11.5 Å². The summed E-state index contributed by atoms with van der Waals surface area (Å²) in [5.41, 5.74) is 12.5. The first kappa shape index (κ1) is 13.1. The van der Waals surface area contributed by atoms with Crippen LogP contribution in [-0.4, -0.2) is 5.91 Å². The third-order valence-corrected chi connectivity index (χ3v) is 2.47. The Balaban J connectivity index is 2.59. The van der Waals surface area contributed by atoms with Crippen molar-refractivity contribution in [2.45, 2.75) is 26.2 Å². The van der Waals surface area contributed by atoms with Gasteiger partial charge in [-0.05, 0) is 30.5 Å². The lowest BCUT2D eigenvalue weighted by Crippen LogP contribution is -2.21. The second-order valence-corrected chi connectivity index (χ2v) is 3.88. The summed E-state index contributed by atoms with van der Waals surface area (Å²) in [6, 6.07) is 7.75. The van der Waals surface area contributed by atoms with Crippen LogP contribution in [0.2, 0.25) is 0 Å². The van der Waals surface area contributed by atoms with Gasteiger partial charge in [-0.15, -0.1) is 0 Å². The molecule has 1 rings (SSSR count). The number of unbranched alkanes of at least 4 members (excludes halogenated alkanes) is 1. The lowest BCUT2D eigenvalue weighted by Gasteiger charge is -2.06. The van der Waals surface area contributed by atoms with Crippen molar-refractivity contribution in [1.29, 1.82) is 0 Å². The molecule has 0 aliphatic heterocycles. The van der Waals surface area contributed by atoms with Crippen LogP contribution in [0.25, 0.3) is 0 Å². The Hall–Kier alpha value is -1.97. The molecule has 0 heterocycles. The average Bonchev–Trinajstić information content (AvgIpc) is 2.37. The number of hydrogen-bond donors (Lipinski definition) is 3. The molecule has 0 radical (unpaired) electrons. The van der Waals surface area contributed by atoms with Gasteiger partial charge >= 0.3 is 0 Å². The van der Waals surface area contributed by atoms with E-state index in [0.717, 1.165) is 18.3 Å². The van der Waals surface area contributed by atoms with Gasteiger partial charge in [0, 0.05) is 11.9 Å². The van der Waals surface area contributed by atoms with Crippen molar-refractivity contribution in [3.8, 4) is 0 Å². The van der Waals surface area contributed by atoms with Gasteiger partial charge < -0.3 is 16.8 Å². The first-order chi connectivity index (χ1) is 8.17. The molecule has 0 saturated heterocycles. The summed E-state index contributed by atoms with van der Waals surface area (Å²) in [5.74, 6) is -0.381. The third kappa shape index (κ3) is 4.18. The molecule has 1 aromatic carbocycles. The van der Waals surface area contributed by atoms with Crippen LogP contribution in [0.1, 0.15) is 25.3 Å². The summed E-state index contributed by atoms with van der Waals surface area (Å²) < 4.78 is 0. The van der Waals surface area contributed by atoms with Crippen LogP contribution >= 0.6 is 0 Å². The molecule has 92 valence electrons. The van der Waals surface area contributed by atoms with Crippen molar-refractivity contribution >= 4 is 11.6 Å². The quantitative estimate of drug-likeness (QED) is 0.677. The smallest absolute Gasteiger partial charge is 0.273 e. The summed E-state index contributed by atoms with van der Waals surface area (Å²) in [6.45, 7) is 2.16. The molecule has 0 saturated carbocycles. The van der Waals surface area contributed by atoms with Crippen molar-refractivity contribution in [1.82, 2.24) is 0 Å². The van der Waals surface area contributed by atoms with E-state index in [1.807, 2.05) is 24.3 Å². The van der Waals surface area contributed by atoms with E-state index in [2.05, 4.69) is 12.2 Å². The number of carbonyl (C=O) groups is 1. The van der Waals surface area contributed by atoms with Gasteiger partial charge in [-0.25, -0.2) is 0 Å². The number of nitrogens with one attached hydrogen (secondary N) is 1. The maximum atomic E-state index is 11.4. The number of carbonyl (C=O) groups excluding carboxylic acids is 1. The number of aryl methyl sites for hydroxylation is 1. The van der Waals surface area contributed by atoms with E-state index in [1.54, 1.807) is 0 Å². The van der Waals surface area contributed by atoms with Crippen molar-refractivity contribution in [2.75, 3.05) is 5.32 Å². The molecular formula is C13H19N3O. The summed E-state index contributed by atoms with van der Waals surface area (Å²) >= 11 is 0. The fraction of sp³-hybridized carbons (Fsp3) is 0.308. The van der Waals surface area contributed by atoms with Crippen LogP contribution in [0, 0.1) is 0 Å². The molecule has 1 aromatic rings.